The Morgan fingerprint density at radius 1 is 1.26 bits per heavy atom. The maximum absolute atomic E-state index is 12.1. The Hall–Kier alpha value is -0.380. The molecule has 0 spiro atoms. The molecular weight excluding hydrogens is 260 g/mol. The molecule has 0 saturated heterocycles. The summed E-state index contributed by atoms with van der Waals surface area (Å²) in [6.45, 7) is 9.54. The Morgan fingerprint density at radius 3 is 2.32 bits per heavy atom. The van der Waals surface area contributed by atoms with E-state index >= 15 is 0 Å². The van der Waals surface area contributed by atoms with Crippen LogP contribution in [0.2, 0.25) is 0 Å². The van der Waals surface area contributed by atoms with E-state index in [4.69, 9.17) is 0 Å². The van der Waals surface area contributed by atoms with Gasteiger partial charge in [0.25, 0.3) is 0 Å². The van der Waals surface area contributed by atoms with Crippen LogP contribution in [-0.4, -0.2) is 24.7 Å². The highest BCUT2D eigenvalue weighted by atomic mass is 32.2. The molecule has 0 bridgehead atoms. The van der Waals surface area contributed by atoms with Gasteiger partial charge in [-0.3, -0.25) is 4.79 Å². The largest absolute Gasteiger partial charge is 0.299 e. The Morgan fingerprint density at radius 2 is 1.84 bits per heavy atom. The van der Waals surface area contributed by atoms with Gasteiger partial charge in [0.15, 0.2) is 9.84 Å². The van der Waals surface area contributed by atoms with Crippen LogP contribution in [0.25, 0.3) is 0 Å². The fourth-order valence-electron chi connectivity index (χ4n) is 2.63. The molecule has 1 aliphatic rings. The highest BCUT2D eigenvalue weighted by molar-refractivity contribution is 7.92. The van der Waals surface area contributed by atoms with Crippen molar-refractivity contribution in [1.82, 2.24) is 0 Å². The zero-order valence-corrected chi connectivity index (χ0v) is 13.7. The summed E-state index contributed by atoms with van der Waals surface area (Å²) in [5.41, 5.74) is 0. The summed E-state index contributed by atoms with van der Waals surface area (Å²) in [4.78, 5) is 11.9. The van der Waals surface area contributed by atoms with E-state index in [1.54, 1.807) is 20.8 Å². The molecule has 1 saturated carbocycles. The first-order valence-electron chi connectivity index (χ1n) is 7.29. The predicted octanol–water partition coefficient (Wildman–Crippen LogP) is 3.23. The van der Waals surface area contributed by atoms with E-state index in [0.717, 1.165) is 12.8 Å². The van der Waals surface area contributed by atoms with E-state index in [9.17, 15) is 13.2 Å². The zero-order chi connectivity index (χ0) is 14.8. The Bertz CT molecular complexity index is 415. The number of rotatable bonds is 4. The quantitative estimate of drug-likeness (QED) is 0.798. The number of Topliss-reactive ketones (excluding diaryl/α,β-unsaturated/α-hetero) is 1. The summed E-state index contributed by atoms with van der Waals surface area (Å²) in [7, 11) is -3.11. The third-order valence-electron chi connectivity index (χ3n) is 4.42. The van der Waals surface area contributed by atoms with Crippen molar-refractivity contribution in [3.05, 3.63) is 0 Å². The normalized spacial score (nSPS) is 25.9. The Kier molecular flexibility index (Phi) is 5.21. The lowest BCUT2D eigenvalue weighted by Gasteiger charge is -2.31. The molecular formula is C15H28O3S. The number of carbonyl (C=O) groups is 1. The molecule has 0 aromatic heterocycles. The van der Waals surface area contributed by atoms with Gasteiger partial charge in [-0.1, -0.05) is 13.8 Å². The fourth-order valence-corrected chi connectivity index (χ4v) is 3.84. The van der Waals surface area contributed by atoms with Gasteiger partial charge in [0.1, 0.15) is 5.78 Å². The Balaban J connectivity index is 2.64. The van der Waals surface area contributed by atoms with Gasteiger partial charge >= 0.3 is 0 Å². The van der Waals surface area contributed by atoms with Gasteiger partial charge in [0.05, 0.1) is 10.5 Å². The van der Waals surface area contributed by atoms with Gasteiger partial charge in [0, 0.05) is 12.3 Å². The van der Waals surface area contributed by atoms with Crippen LogP contribution >= 0.6 is 0 Å². The van der Waals surface area contributed by atoms with Crippen LogP contribution in [0, 0.1) is 17.8 Å². The molecule has 2 atom stereocenters. The van der Waals surface area contributed by atoms with Crippen molar-refractivity contribution in [2.75, 3.05) is 5.75 Å². The molecule has 4 heteroatoms. The van der Waals surface area contributed by atoms with Crippen molar-refractivity contribution in [1.29, 1.82) is 0 Å². The van der Waals surface area contributed by atoms with E-state index in [2.05, 4.69) is 13.8 Å². The van der Waals surface area contributed by atoms with Gasteiger partial charge in [-0.25, -0.2) is 8.42 Å². The van der Waals surface area contributed by atoms with E-state index in [0.29, 0.717) is 24.7 Å². The molecule has 0 aromatic rings. The molecule has 0 aromatic carbocycles. The van der Waals surface area contributed by atoms with Gasteiger partial charge < -0.3 is 0 Å². The van der Waals surface area contributed by atoms with Crippen LogP contribution in [0.15, 0.2) is 0 Å². The monoisotopic (exact) mass is 288 g/mol. The number of hydrogen-bond donors (Lipinski definition) is 0. The highest BCUT2D eigenvalue weighted by Crippen LogP contribution is 2.34. The standard InChI is InChI=1S/C15H28O3S/c1-11(2)12-6-7-14(16)13(10-12)8-9-19(17,18)15(3,4)5/h11-13H,6-10H2,1-5H3. The SMILES string of the molecule is CC(C)C1CCC(=O)C(CCS(=O)(=O)C(C)(C)C)C1. The van der Waals surface area contributed by atoms with Crippen molar-refractivity contribution < 1.29 is 13.2 Å². The first-order valence-corrected chi connectivity index (χ1v) is 8.95. The van der Waals surface area contributed by atoms with E-state index < -0.39 is 14.6 Å². The minimum Gasteiger partial charge on any atom is -0.299 e. The third-order valence-corrected chi connectivity index (χ3v) is 7.05. The van der Waals surface area contributed by atoms with Crippen LogP contribution in [0.1, 0.15) is 60.3 Å². The van der Waals surface area contributed by atoms with Crippen molar-refractivity contribution in [3.63, 3.8) is 0 Å². The van der Waals surface area contributed by atoms with Gasteiger partial charge in [-0.15, -0.1) is 0 Å². The number of carbonyl (C=O) groups excluding carboxylic acids is 1. The third kappa shape index (κ3) is 4.30. The van der Waals surface area contributed by atoms with Gasteiger partial charge in [-0.2, -0.15) is 0 Å². The summed E-state index contributed by atoms with van der Waals surface area (Å²) in [6.07, 6.45) is 2.97. The topological polar surface area (TPSA) is 51.2 Å². The maximum Gasteiger partial charge on any atom is 0.155 e. The maximum atomic E-state index is 12.1. The molecule has 19 heavy (non-hydrogen) atoms. The zero-order valence-electron chi connectivity index (χ0n) is 12.9. The lowest BCUT2D eigenvalue weighted by atomic mass is 9.75. The number of ketones is 1. The summed E-state index contributed by atoms with van der Waals surface area (Å²) >= 11 is 0. The Labute approximate surface area is 118 Å². The lowest BCUT2D eigenvalue weighted by Crippen LogP contribution is -2.34. The number of sulfone groups is 1. The summed E-state index contributed by atoms with van der Waals surface area (Å²) in [6, 6.07) is 0. The van der Waals surface area contributed by atoms with Crippen LogP contribution in [0.3, 0.4) is 0 Å². The molecule has 3 nitrogen and oxygen atoms in total. The minimum absolute atomic E-state index is 0.0433. The second-order valence-electron chi connectivity index (χ2n) is 7.16. The molecule has 1 aliphatic carbocycles. The van der Waals surface area contributed by atoms with E-state index in [1.807, 2.05) is 0 Å². The second kappa shape index (κ2) is 5.94. The molecule has 1 rings (SSSR count). The molecule has 1 fully saturated rings. The number of hydrogen-bond acceptors (Lipinski definition) is 3. The first kappa shape index (κ1) is 16.7. The summed E-state index contributed by atoms with van der Waals surface area (Å²) in [5, 5.41) is 0. The second-order valence-corrected chi connectivity index (χ2v) is 10.0. The molecule has 0 heterocycles. The minimum atomic E-state index is -3.11. The molecule has 0 radical (unpaired) electrons. The lowest BCUT2D eigenvalue weighted by molar-refractivity contribution is -0.126. The van der Waals surface area contributed by atoms with Crippen molar-refractivity contribution in [2.24, 2.45) is 17.8 Å². The predicted molar refractivity (Wildman–Crippen MR) is 78.8 cm³/mol. The van der Waals surface area contributed by atoms with Crippen molar-refractivity contribution in [2.45, 2.75) is 65.0 Å². The fraction of sp³-hybridized carbons (Fsp3) is 0.933. The average Bonchev–Trinajstić information content (AvgIpc) is 2.26. The highest BCUT2D eigenvalue weighted by Gasteiger charge is 2.34. The summed E-state index contributed by atoms with van der Waals surface area (Å²) in [5.74, 6) is 1.51. The van der Waals surface area contributed by atoms with Gasteiger partial charge in [-0.05, 0) is 51.9 Å². The van der Waals surface area contributed by atoms with Crippen molar-refractivity contribution in [3.8, 4) is 0 Å². The molecule has 2 unspecified atom stereocenters. The molecule has 0 aliphatic heterocycles. The van der Waals surface area contributed by atoms with Crippen LogP contribution in [-0.2, 0) is 14.6 Å². The summed E-state index contributed by atoms with van der Waals surface area (Å²) < 4.78 is 23.5. The van der Waals surface area contributed by atoms with Gasteiger partial charge in [0.2, 0.25) is 0 Å². The van der Waals surface area contributed by atoms with Crippen LogP contribution < -0.4 is 0 Å². The first-order chi connectivity index (χ1) is 8.54. The average molecular weight is 288 g/mol. The smallest absolute Gasteiger partial charge is 0.155 e. The van der Waals surface area contributed by atoms with Crippen LogP contribution in [0.5, 0.6) is 0 Å². The molecule has 112 valence electrons. The van der Waals surface area contributed by atoms with Crippen molar-refractivity contribution >= 4 is 15.6 Å². The van der Waals surface area contributed by atoms with E-state index in [1.165, 1.54) is 0 Å². The van der Waals surface area contributed by atoms with Crippen LogP contribution in [0.4, 0.5) is 0 Å². The van der Waals surface area contributed by atoms with E-state index in [-0.39, 0.29) is 17.5 Å². The molecule has 0 amide bonds. The molecule has 0 N–H and O–H groups in total.